The second-order valence-electron chi connectivity index (χ2n) is 21.7. The summed E-state index contributed by atoms with van der Waals surface area (Å²) in [5, 5.41) is 23.3. The van der Waals surface area contributed by atoms with E-state index in [4.69, 9.17) is 4.74 Å². The zero-order valence-electron chi connectivity index (χ0n) is 46.8. The van der Waals surface area contributed by atoms with Gasteiger partial charge in [0.2, 0.25) is 5.91 Å². The van der Waals surface area contributed by atoms with Gasteiger partial charge in [0.25, 0.3) is 0 Å². The lowest BCUT2D eigenvalue weighted by atomic mass is 10.0. The lowest BCUT2D eigenvalue weighted by molar-refractivity contribution is -0.143. The van der Waals surface area contributed by atoms with Crippen LogP contribution in [0.4, 0.5) is 0 Å². The maximum absolute atomic E-state index is 12.5. The van der Waals surface area contributed by atoms with E-state index in [2.05, 4.69) is 31.3 Å². The van der Waals surface area contributed by atoms with Crippen molar-refractivity contribution in [2.75, 3.05) is 13.2 Å². The third-order valence-electron chi connectivity index (χ3n) is 14.8. The first kappa shape index (κ1) is 67.6. The quantitative estimate of drug-likeness (QED) is 0.0321. The van der Waals surface area contributed by atoms with Crippen molar-refractivity contribution in [2.45, 2.75) is 366 Å². The molecule has 0 bridgehead atoms. The van der Waals surface area contributed by atoms with Crippen LogP contribution in [0, 0.1) is 0 Å². The minimum absolute atomic E-state index is 0.00610. The second kappa shape index (κ2) is 59.2. The molecule has 0 aliphatic carbocycles. The maximum atomic E-state index is 12.5. The summed E-state index contributed by atoms with van der Waals surface area (Å²) in [7, 11) is 0. The molecule has 6 heteroatoms. The summed E-state index contributed by atoms with van der Waals surface area (Å²) >= 11 is 0. The number of hydrogen-bond donors (Lipinski definition) is 3. The Labute approximate surface area is 431 Å². The van der Waals surface area contributed by atoms with Crippen LogP contribution in [0.1, 0.15) is 354 Å². The Balaban J connectivity index is 3.37. The fourth-order valence-electron chi connectivity index (χ4n) is 9.99. The monoisotopic (exact) mass is 974 g/mol. The van der Waals surface area contributed by atoms with Crippen LogP contribution in [0.3, 0.4) is 0 Å². The molecule has 0 heterocycles. The van der Waals surface area contributed by atoms with Gasteiger partial charge < -0.3 is 20.3 Å². The summed E-state index contributed by atoms with van der Waals surface area (Å²) in [5.41, 5.74) is 0. The fraction of sp³-hybridized carbons (Fsp3) is 0.937. The molecule has 0 saturated heterocycles. The third kappa shape index (κ3) is 55.8. The van der Waals surface area contributed by atoms with Gasteiger partial charge in [-0.2, -0.15) is 0 Å². The smallest absolute Gasteiger partial charge is 0.305 e. The lowest BCUT2D eigenvalue weighted by Crippen LogP contribution is -2.45. The molecule has 6 nitrogen and oxygen atoms in total. The zero-order valence-corrected chi connectivity index (χ0v) is 46.8. The standard InChI is InChI=1S/C63H123NO5/c1-3-5-7-9-11-13-15-17-27-31-35-39-43-47-51-55-61(66)60(59-65)64-62(67)56-52-48-44-40-36-32-29-25-23-21-19-20-22-24-26-30-34-38-42-46-50-54-58-69-63(68)57-53-49-45-41-37-33-28-18-16-14-12-10-8-6-4-2/h18,28,60-61,65-66H,3-17,19-27,29-59H2,1-2H3,(H,64,67)/b28-18-. The van der Waals surface area contributed by atoms with Crippen LogP contribution in [-0.2, 0) is 14.3 Å². The predicted molar refractivity (Wildman–Crippen MR) is 301 cm³/mol. The van der Waals surface area contributed by atoms with Crippen LogP contribution >= 0.6 is 0 Å². The van der Waals surface area contributed by atoms with E-state index in [1.54, 1.807) is 0 Å². The van der Waals surface area contributed by atoms with E-state index in [0.717, 1.165) is 44.9 Å². The van der Waals surface area contributed by atoms with Gasteiger partial charge in [0.05, 0.1) is 25.4 Å². The van der Waals surface area contributed by atoms with Crippen LogP contribution in [0.15, 0.2) is 12.2 Å². The number of nitrogens with one attached hydrogen (secondary N) is 1. The fourth-order valence-corrected chi connectivity index (χ4v) is 9.99. The summed E-state index contributed by atoms with van der Waals surface area (Å²) in [5.74, 6) is -0.0266. The molecule has 0 radical (unpaired) electrons. The van der Waals surface area contributed by atoms with Crippen molar-refractivity contribution < 1.29 is 24.5 Å². The summed E-state index contributed by atoms with van der Waals surface area (Å²) in [4.78, 5) is 24.5. The molecule has 3 N–H and O–H groups in total. The van der Waals surface area contributed by atoms with Gasteiger partial charge in [0.15, 0.2) is 0 Å². The Kier molecular flexibility index (Phi) is 58.0. The zero-order chi connectivity index (χ0) is 50.0. The van der Waals surface area contributed by atoms with Crippen molar-refractivity contribution in [3.8, 4) is 0 Å². The van der Waals surface area contributed by atoms with Crippen molar-refractivity contribution >= 4 is 11.9 Å². The van der Waals surface area contributed by atoms with Gasteiger partial charge in [-0.15, -0.1) is 0 Å². The highest BCUT2D eigenvalue weighted by Crippen LogP contribution is 2.18. The minimum Gasteiger partial charge on any atom is -0.466 e. The van der Waals surface area contributed by atoms with Crippen molar-refractivity contribution in [1.82, 2.24) is 5.32 Å². The average Bonchev–Trinajstić information content (AvgIpc) is 3.35. The van der Waals surface area contributed by atoms with Crippen molar-refractivity contribution in [3.05, 3.63) is 12.2 Å². The number of amides is 1. The van der Waals surface area contributed by atoms with Crippen molar-refractivity contribution in [2.24, 2.45) is 0 Å². The van der Waals surface area contributed by atoms with Crippen molar-refractivity contribution in [1.29, 1.82) is 0 Å². The van der Waals surface area contributed by atoms with Crippen LogP contribution < -0.4 is 5.32 Å². The number of rotatable bonds is 59. The van der Waals surface area contributed by atoms with Gasteiger partial charge in [-0.25, -0.2) is 0 Å². The molecule has 2 atom stereocenters. The van der Waals surface area contributed by atoms with Crippen LogP contribution in [0.2, 0.25) is 0 Å². The van der Waals surface area contributed by atoms with E-state index >= 15 is 0 Å². The highest BCUT2D eigenvalue weighted by molar-refractivity contribution is 5.76. The van der Waals surface area contributed by atoms with Gasteiger partial charge in [0.1, 0.15) is 0 Å². The number of esters is 1. The molecule has 0 aromatic rings. The molecule has 0 aliphatic heterocycles. The number of aliphatic hydroxyl groups is 2. The van der Waals surface area contributed by atoms with Gasteiger partial charge in [-0.05, 0) is 51.4 Å². The molecule has 0 saturated carbocycles. The van der Waals surface area contributed by atoms with Gasteiger partial charge in [-0.3, -0.25) is 9.59 Å². The Morgan fingerprint density at radius 3 is 1.03 bits per heavy atom. The first-order valence-electron chi connectivity index (χ1n) is 31.4. The average molecular weight is 975 g/mol. The summed E-state index contributed by atoms with van der Waals surface area (Å²) in [6, 6.07) is -0.541. The Morgan fingerprint density at radius 2 is 0.681 bits per heavy atom. The van der Waals surface area contributed by atoms with Crippen LogP contribution in [-0.4, -0.2) is 47.4 Å². The predicted octanol–water partition coefficient (Wildman–Crippen LogP) is 19.6. The Bertz CT molecular complexity index is 1030. The molecule has 0 aromatic carbocycles. The Morgan fingerprint density at radius 1 is 0.391 bits per heavy atom. The normalized spacial score (nSPS) is 12.6. The highest BCUT2D eigenvalue weighted by atomic mass is 16.5. The van der Waals surface area contributed by atoms with E-state index in [-0.39, 0.29) is 18.5 Å². The number of unbranched alkanes of at least 4 members (excludes halogenated alkanes) is 46. The van der Waals surface area contributed by atoms with E-state index in [1.807, 2.05) is 0 Å². The molecule has 0 fully saturated rings. The SMILES string of the molecule is CCCCCCCC/C=C\CCCCCCCC(=O)OCCCCCCCCCCCCCCCCCCCCCCCCC(=O)NC(CO)C(O)CCCCCCCCCCCCCCCCC. The topological polar surface area (TPSA) is 95.9 Å². The molecule has 0 aliphatic rings. The van der Waals surface area contributed by atoms with Gasteiger partial charge in [0, 0.05) is 12.8 Å². The number of carbonyl (C=O) groups is 2. The summed E-state index contributed by atoms with van der Waals surface area (Å²) in [6.07, 6.45) is 70.8. The highest BCUT2D eigenvalue weighted by Gasteiger charge is 2.20. The van der Waals surface area contributed by atoms with E-state index < -0.39 is 12.1 Å². The largest absolute Gasteiger partial charge is 0.466 e. The van der Waals surface area contributed by atoms with E-state index in [0.29, 0.717) is 25.9 Å². The number of ether oxygens (including phenoxy) is 1. The molecular weight excluding hydrogens is 851 g/mol. The van der Waals surface area contributed by atoms with Gasteiger partial charge >= 0.3 is 5.97 Å². The molecule has 0 rings (SSSR count). The number of carbonyl (C=O) groups excluding carboxylic acids is 2. The molecule has 1 amide bonds. The number of hydrogen-bond acceptors (Lipinski definition) is 5. The minimum atomic E-state index is -0.663. The Hall–Kier alpha value is -1.40. The number of aliphatic hydroxyl groups excluding tert-OH is 2. The molecule has 0 spiro atoms. The molecule has 2 unspecified atom stereocenters. The molecular formula is C63H123NO5. The van der Waals surface area contributed by atoms with E-state index in [9.17, 15) is 19.8 Å². The maximum Gasteiger partial charge on any atom is 0.305 e. The number of allylic oxidation sites excluding steroid dienone is 2. The van der Waals surface area contributed by atoms with Crippen LogP contribution in [0.25, 0.3) is 0 Å². The molecule has 410 valence electrons. The summed E-state index contributed by atoms with van der Waals surface area (Å²) in [6.45, 7) is 4.97. The summed E-state index contributed by atoms with van der Waals surface area (Å²) < 4.78 is 5.48. The first-order chi connectivity index (χ1) is 34.0. The third-order valence-corrected chi connectivity index (χ3v) is 14.8. The molecule has 69 heavy (non-hydrogen) atoms. The van der Waals surface area contributed by atoms with Crippen LogP contribution in [0.5, 0.6) is 0 Å². The van der Waals surface area contributed by atoms with Gasteiger partial charge in [-0.1, -0.05) is 302 Å². The molecule has 0 aromatic heterocycles. The lowest BCUT2D eigenvalue weighted by Gasteiger charge is -2.22. The first-order valence-corrected chi connectivity index (χ1v) is 31.4. The second-order valence-corrected chi connectivity index (χ2v) is 21.7. The van der Waals surface area contributed by atoms with E-state index in [1.165, 1.54) is 276 Å². The van der Waals surface area contributed by atoms with Crippen molar-refractivity contribution in [3.63, 3.8) is 0 Å².